The molecule has 2 rings (SSSR count). The van der Waals surface area contributed by atoms with Gasteiger partial charge in [0.05, 0.1) is 5.02 Å². The van der Waals surface area contributed by atoms with Crippen LogP contribution in [0.5, 0.6) is 0 Å². The molecule has 1 N–H and O–H groups in total. The second-order valence-corrected chi connectivity index (χ2v) is 4.47. The first-order chi connectivity index (χ1) is 7.18. The maximum Gasteiger partial charge on any atom is 0.129 e. The quantitative estimate of drug-likeness (QED) is 0.853. The summed E-state index contributed by atoms with van der Waals surface area (Å²) in [6, 6.07) is 7.81. The molecule has 1 atom stereocenters. The molecule has 1 aromatic heterocycles. The molecule has 0 aliphatic heterocycles. The fraction of sp³-hybridized carbons (Fsp3) is 0.0909. The third-order valence-corrected chi connectivity index (χ3v) is 3.39. The predicted octanol–water partition coefficient (Wildman–Crippen LogP) is 3.62. The fourth-order valence-electron chi connectivity index (χ4n) is 1.32. The van der Waals surface area contributed by atoms with Crippen LogP contribution in [0, 0.1) is 5.82 Å². The topological polar surface area (TPSA) is 20.2 Å². The zero-order valence-corrected chi connectivity index (χ0v) is 9.23. The Kier molecular flexibility index (Phi) is 3.05. The van der Waals surface area contributed by atoms with Crippen LogP contribution in [0.25, 0.3) is 0 Å². The minimum Gasteiger partial charge on any atom is -0.383 e. The lowest BCUT2D eigenvalue weighted by Gasteiger charge is -2.09. The van der Waals surface area contributed by atoms with Crippen LogP contribution in [0.1, 0.15) is 16.5 Å². The van der Waals surface area contributed by atoms with Crippen LogP contribution in [-0.2, 0) is 0 Å². The molecule has 0 aliphatic rings. The summed E-state index contributed by atoms with van der Waals surface area (Å²) in [7, 11) is 0. The fourth-order valence-corrected chi connectivity index (χ4v) is 2.41. The Morgan fingerprint density at radius 3 is 2.67 bits per heavy atom. The average molecular weight is 243 g/mol. The standard InChI is InChI=1S/C11H8ClFOS/c12-7-5-10(15-6-7)11(14)8-3-1-2-4-9(8)13/h1-6,11,14H. The molecule has 0 aliphatic carbocycles. The molecule has 0 bridgehead atoms. The van der Waals surface area contributed by atoms with Gasteiger partial charge in [0.15, 0.2) is 0 Å². The van der Waals surface area contributed by atoms with Crippen LogP contribution in [0.3, 0.4) is 0 Å². The molecule has 78 valence electrons. The molecular formula is C11H8ClFOS. The molecule has 0 radical (unpaired) electrons. The zero-order chi connectivity index (χ0) is 10.8. The summed E-state index contributed by atoms with van der Waals surface area (Å²) in [6.45, 7) is 0. The summed E-state index contributed by atoms with van der Waals surface area (Å²) in [4.78, 5) is 0.644. The second-order valence-electron chi connectivity index (χ2n) is 3.09. The first-order valence-electron chi connectivity index (χ1n) is 4.35. The van der Waals surface area contributed by atoms with Crippen LogP contribution >= 0.6 is 22.9 Å². The van der Waals surface area contributed by atoms with E-state index in [4.69, 9.17) is 11.6 Å². The SMILES string of the molecule is OC(c1cc(Cl)cs1)c1ccccc1F. The van der Waals surface area contributed by atoms with Crippen molar-refractivity contribution in [2.45, 2.75) is 6.10 Å². The Morgan fingerprint density at radius 2 is 2.07 bits per heavy atom. The normalized spacial score (nSPS) is 12.7. The molecule has 1 nitrogen and oxygen atoms in total. The second kappa shape index (κ2) is 4.31. The average Bonchev–Trinajstić information content (AvgIpc) is 2.65. The Hall–Kier alpha value is -0.900. The first kappa shape index (κ1) is 10.6. The highest BCUT2D eigenvalue weighted by Crippen LogP contribution is 2.30. The minimum atomic E-state index is -0.941. The number of hydrogen-bond acceptors (Lipinski definition) is 2. The lowest BCUT2D eigenvalue weighted by Crippen LogP contribution is -1.99. The van der Waals surface area contributed by atoms with Crippen LogP contribution in [0.15, 0.2) is 35.7 Å². The van der Waals surface area contributed by atoms with Crippen LogP contribution in [0.2, 0.25) is 5.02 Å². The van der Waals surface area contributed by atoms with Crippen molar-refractivity contribution in [2.75, 3.05) is 0 Å². The van der Waals surface area contributed by atoms with Gasteiger partial charge in [-0.25, -0.2) is 4.39 Å². The van der Waals surface area contributed by atoms with Crippen molar-refractivity contribution in [1.82, 2.24) is 0 Å². The lowest BCUT2D eigenvalue weighted by molar-refractivity contribution is 0.219. The van der Waals surface area contributed by atoms with Crippen molar-refractivity contribution in [1.29, 1.82) is 0 Å². The van der Waals surface area contributed by atoms with E-state index in [1.54, 1.807) is 29.6 Å². The molecule has 15 heavy (non-hydrogen) atoms. The number of aliphatic hydroxyl groups is 1. The Balaban J connectivity index is 2.36. The highest BCUT2D eigenvalue weighted by molar-refractivity contribution is 7.10. The van der Waals surface area contributed by atoms with E-state index in [0.29, 0.717) is 9.90 Å². The van der Waals surface area contributed by atoms with Crippen LogP contribution in [-0.4, -0.2) is 5.11 Å². The van der Waals surface area contributed by atoms with E-state index in [1.807, 2.05) is 0 Å². The molecule has 2 aromatic rings. The Labute approximate surface area is 95.8 Å². The maximum absolute atomic E-state index is 13.3. The number of aliphatic hydroxyl groups excluding tert-OH is 1. The van der Waals surface area contributed by atoms with Crippen LogP contribution in [0.4, 0.5) is 4.39 Å². The van der Waals surface area contributed by atoms with Crippen molar-refractivity contribution >= 4 is 22.9 Å². The van der Waals surface area contributed by atoms with E-state index in [9.17, 15) is 9.50 Å². The molecule has 0 fully saturated rings. The van der Waals surface area contributed by atoms with Gasteiger partial charge in [-0.3, -0.25) is 0 Å². The van der Waals surface area contributed by atoms with Crippen molar-refractivity contribution in [3.63, 3.8) is 0 Å². The predicted molar refractivity (Wildman–Crippen MR) is 59.8 cm³/mol. The smallest absolute Gasteiger partial charge is 0.129 e. The first-order valence-corrected chi connectivity index (χ1v) is 5.60. The number of halogens is 2. The van der Waals surface area contributed by atoms with Crippen molar-refractivity contribution < 1.29 is 9.50 Å². The van der Waals surface area contributed by atoms with E-state index in [1.165, 1.54) is 17.4 Å². The number of benzene rings is 1. The zero-order valence-electron chi connectivity index (χ0n) is 7.65. The number of hydrogen-bond donors (Lipinski definition) is 1. The van der Waals surface area contributed by atoms with E-state index < -0.39 is 11.9 Å². The van der Waals surface area contributed by atoms with Gasteiger partial charge < -0.3 is 5.11 Å². The third-order valence-electron chi connectivity index (χ3n) is 2.06. The molecular weight excluding hydrogens is 235 g/mol. The molecule has 0 saturated heterocycles. The van der Waals surface area contributed by atoms with Gasteiger partial charge in [0, 0.05) is 15.8 Å². The van der Waals surface area contributed by atoms with Gasteiger partial charge >= 0.3 is 0 Å². The summed E-state index contributed by atoms with van der Waals surface area (Å²) in [5.74, 6) is -0.408. The van der Waals surface area contributed by atoms with Gasteiger partial charge in [-0.15, -0.1) is 11.3 Å². The highest BCUT2D eigenvalue weighted by atomic mass is 35.5. The molecule has 0 amide bonds. The number of rotatable bonds is 2. The highest BCUT2D eigenvalue weighted by Gasteiger charge is 2.15. The molecule has 1 aromatic carbocycles. The van der Waals surface area contributed by atoms with E-state index in [-0.39, 0.29) is 5.56 Å². The van der Waals surface area contributed by atoms with Gasteiger partial charge in [0.2, 0.25) is 0 Å². The minimum absolute atomic E-state index is 0.274. The van der Waals surface area contributed by atoms with Crippen molar-refractivity contribution in [2.24, 2.45) is 0 Å². The van der Waals surface area contributed by atoms with Gasteiger partial charge in [0.25, 0.3) is 0 Å². The molecule has 1 unspecified atom stereocenters. The number of thiophene rings is 1. The van der Waals surface area contributed by atoms with Crippen LogP contribution < -0.4 is 0 Å². The molecule has 0 spiro atoms. The maximum atomic E-state index is 13.3. The Bertz CT molecular complexity index is 469. The van der Waals surface area contributed by atoms with Gasteiger partial charge in [0.1, 0.15) is 11.9 Å². The monoisotopic (exact) mass is 242 g/mol. The van der Waals surface area contributed by atoms with E-state index in [0.717, 1.165) is 0 Å². The molecule has 1 heterocycles. The van der Waals surface area contributed by atoms with Gasteiger partial charge in [-0.2, -0.15) is 0 Å². The summed E-state index contributed by atoms with van der Waals surface area (Å²) >= 11 is 7.05. The molecule has 0 saturated carbocycles. The van der Waals surface area contributed by atoms with Crippen molar-refractivity contribution in [3.8, 4) is 0 Å². The van der Waals surface area contributed by atoms with Crippen molar-refractivity contribution in [3.05, 3.63) is 57.0 Å². The van der Waals surface area contributed by atoms with Gasteiger partial charge in [-0.05, 0) is 12.1 Å². The summed E-state index contributed by atoms with van der Waals surface area (Å²) < 4.78 is 13.3. The lowest BCUT2D eigenvalue weighted by atomic mass is 10.1. The third kappa shape index (κ3) is 2.20. The van der Waals surface area contributed by atoms with E-state index >= 15 is 0 Å². The summed E-state index contributed by atoms with van der Waals surface area (Å²) in [6.07, 6.45) is -0.941. The largest absolute Gasteiger partial charge is 0.383 e. The van der Waals surface area contributed by atoms with Gasteiger partial charge in [-0.1, -0.05) is 29.8 Å². The molecule has 4 heteroatoms. The summed E-state index contributed by atoms with van der Waals surface area (Å²) in [5, 5.41) is 12.2. The van der Waals surface area contributed by atoms with E-state index in [2.05, 4.69) is 0 Å². The Morgan fingerprint density at radius 1 is 1.33 bits per heavy atom. The summed E-state index contributed by atoms with van der Waals surface area (Å²) in [5.41, 5.74) is 0.274.